The molecule has 1 fully saturated rings. The predicted molar refractivity (Wildman–Crippen MR) is 104 cm³/mol. The number of H-pyrrole nitrogens is 1. The van der Waals surface area contributed by atoms with Crippen LogP contribution in [0, 0.1) is 6.92 Å². The van der Waals surface area contributed by atoms with E-state index in [0.717, 1.165) is 30.8 Å². The van der Waals surface area contributed by atoms with Crippen LogP contribution in [-0.4, -0.2) is 42.5 Å². The van der Waals surface area contributed by atoms with Gasteiger partial charge < -0.3 is 14.9 Å². The molecule has 0 atom stereocenters. The van der Waals surface area contributed by atoms with Gasteiger partial charge in [-0.2, -0.15) is 0 Å². The number of carbonyl (C=O) groups is 1. The number of aromatic nitrogens is 4. The van der Waals surface area contributed by atoms with Gasteiger partial charge in [0, 0.05) is 42.5 Å². The van der Waals surface area contributed by atoms with Gasteiger partial charge in [-0.25, -0.2) is 9.97 Å². The molecule has 0 unspecified atom stereocenters. The first-order chi connectivity index (χ1) is 12.5. The Labute approximate surface area is 160 Å². The molecule has 0 spiro atoms. The van der Waals surface area contributed by atoms with Crippen molar-refractivity contribution >= 4 is 29.4 Å². The van der Waals surface area contributed by atoms with Gasteiger partial charge in [0.1, 0.15) is 0 Å². The molecule has 0 aliphatic heterocycles. The van der Waals surface area contributed by atoms with Crippen LogP contribution in [0.2, 0.25) is 0 Å². The lowest BCUT2D eigenvalue weighted by atomic mass is 9.95. The lowest BCUT2D eigenvalue weighted by Crippen LogP contribution is -2.39. The number of aryl methyl sites for hydroxylation is 2. The minimum Gasteiger partial charge on any atom is -0.353 e. The Kier molecular flexibility index (Phi) is 6.42. The fourth-order valence-electron chi connectivity index (χ4n) is 2.96. The first kappa shape index (κ1) is 19.0. The maximum absolute atomic E-state index is 12.2. The van der Waals surface area contributed by atoms with Gasteiger partial charge in [0.05, 0.1) is 5.75 Å². The Hall–Kier alpha value is -1.74. The summed E-state index contributed by atoms with van der Waals surface area (Å²) in [5.41, 5.74) is 0.462. The summed E-state index contributed by atoms with van der Waals surface area (Å²) in [6, 6.07) is 1.66. The van der Waals surface area contributed by atoms with Gasteiger partial charge in [-0.1, -0.05) is 23.5 Å². The number of imidazole rings is 1. The van der Waals surface area contributed by atoms with Crippen molar-refractivity contribution in [2.75, 3.05) is 5.75 Å². The summed E-state index contributed by atoms with van der Waals surface area (Å²) in [5.74, 6) is 0.244. The highest BCUT2D eigenvalue weighted by Gasteiger charge is 2.24. The molecular weight excluding hydrogens is 370 g/mol. The average molecular weight is 394 g/mol. The van der Waals surface area contributed by atoms with E-state index in [0.29, 0.717) is 16.1 Å². The van der Waals surface area contributed by atoms with Crippen LogP contribution in [-0.2, 0) is 11.8 Å². The van der Waals surface area contributed by atoms with Crippen molar-refractivity contribution < 1.29 is 4.79 Å². The zero-order valence-corrected chi connectivity index (χ0v) is 16.5. The number of rotatable bonds is 6. The number of aromatic amines is 1. The molecule has 2 heterocycles. The summed E-state index contributed by atoms with van der Waals surface area (Å²) in [4.78, 5) is 34.8. The van der Waals surface area contributed by atoms with E-state index < -0.39 is 0 Å². The van der Waals surface area contributed by atoms with Gasteiger partial charge in [0.2, 0.25) is 5.91 Å². The van der Waals surface area contributed by atoms with E-state index in [2.05, 4.69) is 20.3 Å². The topological polar surface area (TPSA) is 92.7 Å². The largest absolute Gasteiger partial charge is 0.353 e. The van der Waals surface area contributed by atoms with Crippen LogP contribution >= 0.6 is 23.5 Å². The smallest absolute Gasteiger partial charge is 0.251 e. The Balaban J connectivity index is 1.40. The number of hydrogen-bond donors (Lipinski definition) is 2. The molecule has 9 heteroatoms. The molecule has 140 valence electrons. The monoisotopic (exact) mass is 393 g/mol. The Morgan fingerprint density at radius 3 is 2.81 bits per heavy atom. The number of thioether (sulfide) groups is 2. The molecular formula is C17H23N5O2S2. The number of hydrogen-bond acceptors (Lipinski definition) is 6. The van der Waals surface area contributed by atoms with Crippen molar-refractivity contribution in [2.24, 2.45) is 7.05 Å². The number of carbonyl (C=O) groups excluding carboxylic acids is 1. The van der Waals surface area contributed by atoms with Gasteiger partial charge in [0.15, 0.2) is 10.3 Å². The molecule has 1 saturated carbocycles. The predicted octanol–water partition coefficient (Wildman–Crippen LogP) is 2.12. The molecule has 2 aromatic heterocycles. The van der Waals surface area contributed by atoms with E-state index in [9.17, 15) is 9.59 Å². The van der Waals surface area contributed by atoms with Crippen LogP contribution < -0.4 is 10.9 Å². The Morgan fingerprint density at radius 1 is 1.38 bits per heavy atom. The van der Waals surface area contributed by atoms with Gasteiger partial charge in [-0.3, -0.25) is 9.59 Å². The normalized spacial score (nSPS) is 20.1. The molecule has 1 aliphatic carbocycles. The van der Waals surface area contributed by atoms with E-state index in [1.807, 2.05) is 35.8 Å². The minimum absolute atomic E-state index is 0.0145. The van der Waals surface area contributed by atoms with Crippen molar-refractivity contribution in [3.8, 4) is 0 Å². The third-order valence-corrected chi connectivity index (χ3v) is 6.56. The van der Waals surface area contributed by atoms with E-state index >= 15 is 0 Å². The molecule has 2 N–H and O–H groups in total. The molecule has 0 aromatic carbocycles. The highest BCUT2D eigenvalue weighted by Crippen LogP contribution is 2.32. The second-order valence-electron chi connectivity index (χ2n) is 6.46. The third kappa shape index (κ3) is 5.38. The van der Waals surface area contributed by atoms with Crippen molar-refractivity contribution in [1.29, 1.82) is 0 Å². The van der Waals surface area contributed by atoms with E-state index in [4.69, 9.17) is 0 Å². The molecule has 7 nitrogen and oxygen atoms in total. The standard InChI is InChI=1S/C17H23N5O2S2/c1-11-9-14(23)21-16(19-11)25-10-15(24)20-12-3-5-13(6-4-12)26-17-18-7-8-22(17)2/h7-9,12-13H,3-6,10H2,1-2H3,(H,20,24)(H,19,21,23). The van der Waals surface area contributed by atoms with Crippen LogP contribution in [0.3, 0.4) is 0 Å². The van der Waals surface area contributed by atoms with Crippen LogP contribution in [0.1, 0.15) is 31.4 Å². The maximum atomic E-state index is 12.2. The van der Waals surface area contributed by atoms with Crippen LogP contribution in [0.15, 0.2) is 33.6 Å². The van der Waals surface area contributed by atoms with Crippen molar-refractivity contribution in [2.45, 2.75) is 54.2 Å². The quantitative estimate of drug-likeness (QED) is 0.577. The average Bonchev–Trinajstić information content (AvgIpc) is 2.99. The zero-order chi connectivity index (χ0) is 18.5. The number of nitrogens with zero attached hydrogens (tertiary/aromatic N) is 3. The molecule has 26 heavy (non-hydrogen) atoms. The summed E-state index contributed by atoms with van der Waals surface area (Å²) >= 11 is 3.08. The van der Waals surface area contributed by atoms with Crippen LogP contribution in [0.5, 0.6) is 0 Å². The van der Waals surface area contributed by atoms with E-state index in [1.54, 1.807) is 6.92 Å². The van der Waals surface area contributed by atoms with Crippen molar-refractivity contribution in [1.82, 2.24) is 24.8 Å². The molecule has 1 amide bonds. The number of nitrogens with one attached hydrogen (secondary N) is 2. The lowest BCUT2D eigenvalue weighted by molar-refractivity contribution is -0.119. The molecule has 0 bridgehead atoms. The fraction of sp³-hybridized carbons (Fsp3) is 0.529. The summed E-state index contributed by atoms with van der Waals surface area (Å²) in [7, 11) is 2.01. The fourth-order valence-corrected chi connectivity index (χ4v) is 4.85. The number of amides is 1. The van der Waals surface area contributed by atoms with Gasteiger partial charge in [-0.05, 0) is 32.6 Å². The van der Waals surface area contributed by atoms with Crippen molar-refractivity contribution in [3.63, 3.8) is 0 Å². The van der Waals surface area contributed by atoms with Crippen LogP contribution in [0.25, 0.3) is 0 Å². The first-order valence-corrected chi connectivity index (χ1v) is 10.5. The van der Waals surface area contributed by atoms with Crippen LogP contribution in [0.4, 0.5) is 0 Å². The second-order valence-corrected chi connectivity index (χ2v) is 8.69. The van der Waals surface area contributed by atoms with E-state index in [-0.39, 0.29) is 23.3 Å². The first-order valence-electron chi connectivity index (χ1n) is 8.63. The highest BCUT2D eigenvalue weighted by atomic mass is 32.2. The van der Waals surface area contributed by atoms with E-state index in [1.165, 1.54) is 17.8 Å². The summed E-state index contributed by atoms with van der Waals surface area (Å²) in [6.07, 6.45) is 7.89. The Morgan fingerprint density at radius 2 is 2.15 bits per heavy atom. The van der Waals surface area contributed by atoms with Crippen molar-refractivity contribution in [3.05, 3.63) is 34.5 Å². The highest BCUT2D eigenvalue weighted by molar-refractivity contribution is 8.00. The zero-order valence-electron chi connectivity index (χ0n) is 14.9. The summed E-state index contributed by atoms with van der Waals surface area (Å²) in [5, 5.41) is 5.19. The third-order valence-electron chi connectivity index (χ3n) is 4.28. The lowest BCUT2D eigenvalue weighted by Gasteiger charge is -2.28. The van der Waals surface area contributed by atoms with Gasteiger partial charge in [-0.15, -0.1) is 0 Å². The van der Waals surface area contributed by atoms with Gasteiger partial charge >= 0.3 is 0 Å². The minimum atomic E-state index is -0.191. The summed E-state index contributed by atoms with van der Waals surface area (Å²) in [6.45, 7) is 1.76. The molecule has 2 aromatic rings. The molecule has 0 radical (unpaired) electrons. The molecule has 1 aliphatic rings. The summed E-state index contributed by atoms with van der Waals surface area (Å²) < 4.78 is 2.04. The van der Waals surface area contributed by atoms with Gasteiger partial charge in [0.25, 0.3) is 5.56 Å². The second kappa shape index (κ2) is 8.77. The molecule has 0 saturated heterocycles. The SMILES string of the molecule is Cc1cc(=O)[nH]c(SCC(=O)NC2CCC(Sc3nccn3C)CC2)n1. The maximum Gasteiger partial charge on any atom is 0.251 e. The molecule has 3 rings (SSSR count). The Bertz CT molecular complexity index is 811.